The van der Waals surface area contributed by atoms with Gasteiger partial charge >= 0.3 is 0 Å². The van der Waals surface area contributed by atoms with E-state index in [1.165, 1.54) is 54.6 Å². The molecule has 0 atom stereocenters. The van der Waals surface area contributed by atoms with Gasteiger partial charge in [-0.15, -0.1) is 0 Å². The monoisotopic (exact) mass is 432 g/mol. The molecule has 0 unspecified atom stereocenters. The van der Waals surface area contributed by atoms with Crippen LogP contribution >= 0.6 is 0 Å². The molecule has 0 heteroatoms. The molecule has 34 heavy (non-hydrogen) atoms. The van der Waals surface area contributed by atoms with Gasteiger partial charge in [0.1, 0.15) is 0 Å². The van der Waals surface area contributed by atoms with Crippen molar-refractivity contribution in [3.05, 3.63) is 133 Å². The number of fused-ring (bicyclic) bond motifs is 3. The van der Waals surface area contributed by atoms with Crippen molar-refractivity contribution in [1.82, 2.24) is 0 Å². The molecular weight excluding hydrogens is 408 g/mol. The summed E-state index contributed by atoms with van der Waals surface area (Å²) in [7, 11) is 0. The maximum atomic E-state index is 4.14. The first-order valence-electron chi connectivity index (χ1n) is 11.6. The van der Waals surface area contributed by atoms with Gasteiger partial charge in [-0.1, -0.05) is 135 Å². The Kier molecular flexibility index (Phi) is 4.86. The molecule has 0 radical (unpaired) electrons. The summed E-state index contributed by atoms with van der Waals surface area (Å²) in [4.78, 5) is 0. The Balaban J connectivity index is 1.84. The Hall–Kier alpha value is -4.42. The van der Waals surface area contributed by atoms with Gasteiger partial charge < -0.3 is 0 Å². The minimum absolute atomic E-state index is 1.10. The Bertz CT molecular complexity index is 1670. The number of hydrogen-bond acceptors (Lipinski definition) is 0. The topological polar surface area (TPSA) is 0 Å². The fourth-order valence-corrected chi connectivity index (χ4v) is 5.36. The van der Waals surface area contributed by atoms with Crippen LogP contribution in [0.25, 0.3) is 66.7 Å². The van der Waals surface area contributed by atoms with E-state index in [9.17, 15) is 0 Å². The highest BCUT2D eigenvalue weighted by molar-refractivity contribution is 6.24. The van der Waals surface area contributed by atoms with Crippen molar-refractivity contribution in [3.63, 3.8) is 0 Å². The first-order chi connectivity index (χ1) is 16.8. The van der Waals surface area contributed by atoms with E-state index in [-0.39, 0.29) is 0 Å². The highest BCUT2D eigenvalue weighted by atomic mass is 14.2. The molecule has 0 aliphatic carbocycles. The molecule has 0 heterocycles. The minimum Gasteiger partial charge on any atom is -0.0984 e. The standard InChI is InChI=1S/C34H24/c1-3-23-14-11-21-27(25(23)4-2)33-29-17-7-9-19-31(29)34(32-20-10-8-18-30(32)33)28-22-12-15-24-13-5-6-16-26(24)28/h3-22H,1-2H2. The highest BCUT2D eigenvalue weighted by Crippen LogP contribution is 2.46. The summed E-state index contributed by atoms with van der Waals surface area (Å²) in [6, 6.07) is 39.2. The largest absolute Gasteiger partial charge is 0.0984 e. The lowest BCUT2D eigenvalue weighted by atomic mass is 9.83. The summed E-state index contributed by atoms with van der Waals surface area (Å²) in [5.41, 5.74) is 7.19. The van der Waals surface area contributed by atoms with E-state index in [4.69, 9.17) is 0 Å². The average Bonchev–Trinajstić information content (AvgIpc) is 2.91. The van der Waals surface area contributed by atoms with Crippen LogP contribution in [-0.2, 0) is 0 Å². The predicted molar refractivity (Wildman–Crippen MR) is 150 cm³/mol. The summed E-state index contributed by atoms with van der Waals surface area (Å²) < 4.78 is 0. The SMILES string of the molecule is C=Cc1cccc(-c2c3ccccc3c(-c3cccc4ccccc34)c3ccccc23)c1C=C. The lowest BCUT2D eigenvalue weighted by Crippen LogP contribution is -1.94. The van der Waals surface area contributed by atoms with E-state index in [2.05, 4.69) is 122 Å². The molecule has 0 saturated heterocycles. The van der Waals surface area contributed by atoms with E-state index in [1.807, 2.05) is 12.2 Å². The number of rotatable bonds is 4. The van der Waals surface area contributed by atoms with E-state index in [1.54, 1.807) is 0 Å². The zero-order chi connectivity index (χ0) is 23.1. The maximum absolute atomic E-state index is 4.14. The molecule has 6 aromatic carbocycles. The smallest absolute Gasteiger partial charge is 0.00201 e. The predicted octanol–water partition coefficient (Wildman–Crippen LogP) is 9.77. The van der Waals surface area contributed by atoms with E-state index >= 15 is 0 Å². The van der Waals surface area contributed by atoms with Gasteiger partial charge in [0.05, 0.1) is 0 Å². The summed E-state index contributed by atoms with van der Waals surface area (Å²) in [6.45, 7) is 8.17. The quantitative estimate of drug-likeness (QED) is 0.243. The molecule has 0 amide bonds. The first kappa shape index (κ1) is 20.2. The van der Waals surface area contributed by atoms with Crippen molar-refractivity contribution in [2.75, 3.05) is 0 Å². The summed E-state index contributed by atoms with van der Waals surface area (Å²) >= 11 is 0. The minimum atomic E-state index is 1.10. The molecule has 0 saturated carbocycles. The van der Waals surface area contributed by atoms with Gasteiger partial charge in [0, 0.05) is 0 Å². The van der Waals surface area contributed by atoms with Gasteiger partial charge in [-0.05, 0) is 65.7 Å². The van der Waals surface area contributed by atoms with Crippen molar-refractivity contribution >= 4 is 44.5 Å². The van der Waals surface area contributed by atoms with Crippen LogP contribution < -0.4 is 0 Å². The molecule has 0 spiro atoms. The zero-order valence-electron chi connectivity index (χ0n) is 19.0. The molecule has 0 nitrogen and oxygen atoms in total. The van der Waals surface area contributed by atoms with Gasteiger partial charge in [-0.3, -0.25) is 0 Å². The second-order valence-electron chi connectivity index (χ2n) is 8.58. The van der Waals surface area contributed by atoms with Crippen LogP contribution in [0.15, 0.2) is 122 Å². The molecule has 0 N–H and O–H groups in total. The third kappa shape index (κ3) is 3.00. The Morgan fingerprint density at radius 2 is 0.882 bits per heavy atom. The molecule has 160 valence electrons. The van der Waals surface area contributed by atoms with Gasteiger partial charge in [0.25, 0.3) is 0 Å². The highest BCUT2D eigenvalue weighted by Gasteiger charge is 2.19. The molecule has 6 aromatic rings. The molecule has 0 fully saturated rings. The van der Waals surface area contributed by atoms with Crippen molar-refractivity contribution < 1.29 is 0 Å². The van der Waals surface area contributed by atoms with Crippen molar-refractivity contribution in [1.29, 1.82) is 0 Å². The third-order valence-electron chi connectivity index (χ3n) is 6.82. The summed E-state index contributed by atoms with van der Waals surface area (Å²) in [5.74, 6) is 0. The second-order valence-corrected chi connectivity index (χ2v) is 8.58. The van der Waals surface area contributed by atoms with Crippen molar-refractivity contribution in [3.8, 4) is 22.3 Å². The zero-order valence-corrected chi connectivity index (χ0v) is 19.0. The van der Waals surface area contributed by atoms with Gasteiger partial charge in [-0.25, -0.2) is 0 Å². The normalized spacial score (nSPS) is 11.2. The van der Waals surface area contributed by atoms with E-state index in [0.717, 1.165) is 11.1 Å². The average molecular weight is 433 g/mol. The van der Waals surface area contributed by atoms with Crippen LogP contribution in [0.1, 0.15) is 11.1 Å². The van der Waals surface area contributed by atoms with Crippen LogP contribution in [0.5, 0.6) is 0 Å². The number of benzene rings is 6. The Morgan fingerprint density at radius 1 is 0.412 bits per heavy atom. The van der Waals surface area contributed by atoms with Crippen molar-refractivity contribution in [2.45, 2.75) is 0 Å². The van der Waals surface area contributed by atoms with Crippen LogP contribution in [0.2, 0.25) is 0 Å². The molecule has 0 aliphatic rings. The van der Waals surface area contributed by atoms with Crippen LogP contribution in [-0.4, -0.2) is 0 Å². The third-order valence-corrected chi connectivity index (χ3v) is 6.82. The Labute approximate surface area is 200 Å². The molecule has 0 bridgehead atoms. The van der Waals surface area contributed by atoms with Gasteiger partial charge in [-0.2, -0.15) is 0 Å². The lowest BCUT2D eigenvalue weighted by molar-refractivity contribution is 1.60. The lowest BCUT2D eigenvalue weighted by Gasteiger charge is -2.20. The van der Waals surface area contributed by atoms with Gasteiger partial charge in [0.2, 0.25) is 0 Å². The molecule has 0 aromatic heterocycles. The summed E-state index contributed by atoms with van der Waals surface area (Å²) in [6.07, 6.45) is 3.86. The van der Waals surface area contributed by atoms with E-state index in [0.29, 0.717) is 0 Å². The first-order valence-corrected chi connectivity index (χ1v) is 11.6. The fraction of sp³-hybridized carbons (Fsp3) is 0. The van der Waals surface area contributed by atoms with E-state index < -0.39 is 0 Å². The summed E-state index contributed by atoms with van der Waals surface area (Å²) in [5, 5.41) is 7.53. The van der Waals surface area contributed by atoms with Crippen LogP contribution in [0, 0.1) is 0 Å². The van der Waals surface area contributed by atoms with Crippen molar-refractivity contribution in [2.24, 2.45) is 0 Å². The molecular formula is C34H24. The Morgan fingerprint density at radius 3 is 1.47 bits per heavy atom. The maximum Gasteiger partial charge on any atom is -0.00201 e. The van der Waals surface area contributed by atoms with Crippen LogP contribution in [0.4, 0.5) is 0 Å². The molecule has 6 rings (SSSR count). The fourth-order valence-electron chi connectivity index (χ4n) is 5.36. The molecule has 0 aliphatic heterocycles. The second kappa shape index (κ2) is 8.17. The number of hydrogen-bond donors (Lipinski definition) is 0. The van der Waals surface area contributed by atoms with Gasteiger partial charge in [0.15, 0.2) is 0 Å². The van der Waals surface area contributed by atoms with Crippen LogP contribution in [0.3, 0.4) is 0 Å².